The van der Waals surface area contributed by atoms with E-state index in [1.54, 1.807) is 0 Å². The molecule has 0 N–H and O–H groups in total. The smallest absolute Gasteiger partial charge is 0.0812 e. The first-order valence-electron chi connectivity index (χ1n) is 8.04. The van der Waals surface area contributed by atoms with E-state index < -0.39 is 0 Å². The van der Waals surface area contributed by atoms with Gasteiger partial charge >= 0.3 is 0 Å². The van der Waals surface area contributed by atoms with E-state index in [1.165, 1.54) is 0 Å². The van der Waals surface area contributed by atoms with Gasteiger partial charge in [0.15, 0.2) is 0 Å². The van der Waals surface area contributed by atoms with Crippen molar-refractivity contribution in [3.8, 4) is 0 Å². The molecule has 22 heavy (non-hydrogen) atoms. The minimum atomic E-state index is 0.0695. The molecule has 0 saturated carbocycles. The van der Waals surface area contributed by atoms with Crippen molar-refractivity contribution in [2.75, 3.05) is 72.7 Å². The van der Waals surface area contributed by atoms with Crippen LogP contribution in [0.2, 0.25) is 0 Å². The molecule has 1 saturated heterocycles. The molecule has 6 nitrogen and oxygen atoms in total. The van der Waals surface area contributed by atoms with Crippen molar-refractivity contribution in [1.82, 2.24) is 0 Å². The van der Waals surface area contributed by atoms with Gasteiger partial charge in [0.1, 0.15) is 0 Å². The number of hydrogen-bond donors (Lipinski definition) is 0. The van der Waals surface area contributed by atoms with Crippen molar-refractivity contribution in [2.24, 2.45) is 0 Å². The fraction of sp³-hybridized carbons (Fsp3) is 0.875. The Morgan fingerprint density at radius 3 is 1.64 bits per heavy atom. The van der Waals surface area contributed by atoms with Gasteiger partial charge in [-0.25, -0.2) is 0 Å². The average Bonchev–Trinajstić information content (AvgIpc) is 2.53. The molecule has 1 rings (SSSR count). The first-order chi connectivity index (χ1) is 10.9. The highest BCUT2D eigenvalue weighted by Gasteiger charge is 2.08. The molecule has 0 amide bonds. The highest BCUT2D eigenvalue weighted by molar-refractivity contribution is 4.70. The average molecular weight is 318 g/mol. The molecule has 1 aliphatic heterocycles. The molecule has 1 heterocycles. The summed E-state index contributed by atoms with van der Waals surface area (Å²) in [5.74, 6) is 0. The normalized spacial score (nSPS) is 25.0. The fourth-order valence-corrected chi connectivity index (χ4v) is 1.89. The predicted molar refractivity (Wildman–Crippen MR) is 83.3 cm³/mol. The highest BCUT2D eigenvalue weighted by Crippen LogP contribution is 2.04. The van der Waals surface area contributed by atoms with Crippen LogP contribution in [0, 0.1) is 0 Å². The molecule has 0 aliphatic carbocycles. The lowest BCUT2D eigenvalue weighted by Crippen LogP contribution is -2.24. The van der Waals surface area contributed by atoms with Crippen LogP contribution in [0.4, 0.5) is 0 Å². The second kappa shape index (κ2) is 15.4. The second-order valence-corrected chi connectivity index (χ2v) is 4.88. The van der Waals surface area contributed by atoms with Crippen LogP contribution < -0.4 is 0 Å². The molecule has 6 heteroatoms. The largest absolute Gasteiger partial charge is 0.377 e. The van der Waals surface area contributed by atoms with Crippen molar-refractivity contribution in [3.05, 3.63) is 12.7 Å². The third-order valence-electron chi connectivity index (χ3n) is 3.07. The molecule has 1 atom stereocenters. The molecule has 0 bridgehead atoms. The molecule has 0 spiro atoms. The topological polar surface area (TPSA) is 55.4 Å². The zero-order chi connectivity index (χ0) is 15.7. The highest BCUT2D eigenvalue weighted by atomic mass is 16.6. The van der Waals surface area contributed by atoms with Gasteiger partial charge in [0.2, 0.25) is 0 Å². The maximum atomic E-state index is 5.79. The van der Waals surface area contributed by atoms with Gasteiger partial charge in [0.05, 0.1) is 78.8 Å². The Morgan fingerprint density at radius 1 is 0.682 bits per heavy atom. The third-order valence-corrected chi connectivity index (χ3v) is 3.07. The summed E-state index contributed by atoms with van der Waals surface area (Å²) in [6.45, 7) is 10.0. The van der Waals surface area contributed by atoms with Gasteiger partial charge < -0.3 is 28.4 Å². The molecular formula is C16H30O6. The summed E-state index contributed by atoms with van der Waals surface area (Å²) in [5, 5.41) is 0. The van der Waals surface area contributed by atoms with E-state index in [0.717, 1.165) is 12.8 Å². The predicted octanol–water partition coefficient (Wildman–Crippen LogP) is 1.43. The summed E-state index contributed by atoms with van der Waals surface area (Å²) in [7, 11) is 0. The summed E-state index contributed by atoms with van der Waals surface area (Å²) in [6, 6.07) is 0. The summed E-state index contributed by atoms with van der Waals surface area (Å²) < 4.78 is 33.1. The lowest BCUT2D eigenvalue weighted by atomic mass is 10.2. The lowest BCUT2D eigenvalue weighted by molar-refractivity contribution is -0.0620. The van der Waals surface area contributed by atoms with Crippen molar-refractivity contribution in [3.63, 3.8) is 0 Å². The van der Waals surface area contributed by atoms with Gasteiger partial charge in [0, 0.05) is 0 Å². The van der Waals surface area contributed by atoms with Crippen LogP contribution in [0.25, 0.3) is 0 Å². The van der Waals surface area contributed by atoms with Crippen LogP contribution in [-0.2, 0) is 28.4 Å². The number of allylic oxidation sites excluding steroid dienone is 1. The van der Waals surface area contributed by atoms with Gasteiger partial charge in [-0.1, -0.05) is 6.08 Å². The maximum absolute atomic E-state index is 5.79. The van der Waals surface area contributed by atoms with Crippen LogP contribution >= 0.6 is 0 Å². The van der Waals surface area contributed by atoms with Gasteiger partial charge in [-0.2, -0.15) is 0 Å². The van der Waals surface area contributed by atoms with E-state index in [9.17, 15) is 0 Å². The standard InChI is InChI=1S/C16H30O6/c1-2-3-4-16-15-21-12-11-19-8-7-17-5-6-18-9-10-20-13-14-22-16/h2,16H,1,3-15H2. The van der Waals surface area contributed by atoms with Crippen molar-refractivity contribution in [1.29, 1.82) is 0 Å². The molecule has 0 aromatic rings. The minimum absolute atomic E-state index is 0.0695. The minimum Gasteiger partial charge on any atom is -0.377 e. The van der Waals surface area contributed by atoms with Crippen LogP contribution in [0.5, 0.6) is 0 Å². The van der Waals surface area contributed by atoms with Gasteiger partial charge in [-0.15, -0.1) is 6.58 Å². The quantitative estimate of drug-likeness (QED) is 0.734. The van der Waals surface area contributed by atoms with E-state index >= 15 is 0 Å². The summed E-state index contributed by atoms with van der Waals surface area (Å²) in [5.41, 5.74) is 0. The Kier molecular flexibility index (Phi) is 13.7. The van der Waals surface area contributed by atoms with Crippen LogP contribution in [0.3, 0.4) is 0 Å². The fourth-order valence-electron chi connectivity index (χ4n) is 1.89. The zero-order valence-corrected chi connectivity index (χ0v) is 13.5. The van der Waals surface area contributed by atoms with Crippen molar-refractivity contribution < 1.29 is 28.4 Å². The van der Waals surface area contributed by atoms with Crippen LogP contribution in [0.15, 0.2) is 12.7 Å². The monoisotopic (exact) mass is 318 g/mol. The molecule has 1 unspecified atom stereocenters. The molecule has 0 aromatic carbocycles. The summed E-state index contributed by atoms with van der Waals surface area (Å²) >= 11 is 0. The summed E-state index contributed by atoms with van der Waals surface area (Å²) in [6.07, 6.45) is 3.78. The number of hydrogen-bond acceptors (Lipinski definition) is 6. The van der Waals surface area contributed by atoms with Gasteiger partial charge in [0.25, 0.3) is 0 Å². The number of ether oxygens (including phenoxy) is 6. The lowest BCUT2D eigenvalue weighted by Gasteiger charge is -2.18. The maximum Gasteiger partial charge on any atom is 0.0812 e. The zero-order valence-electron chi connectivity index (χ0n) is 13.5. The van der Waals surface area contributed by atoms with E-state index in [2.05, 4.69) is 6.58 Å². The Morgan fingerprint density at radius 2 is 1.14 bits per heavy atom. The Bertz CT molecular complexity index is 231. The van der Waals surface area contributed by atoms with Crippen LogP contribution in [-0.4, -0.2) is 78.8 Å². The molecule has 0 aromatic heterocycles. The second-order valence-electron chi connectivity index (χ2n) is 4.88. The Labute approximate surface area is 133 Å². The van der Waals surface area contributed by atoms with Gasteiger partial charge in [-0.3, -0.25) is 0 Å². The Hall–Kier alpha value is -0.500. The van der Waals surface area contributed by atoms with Crippen molar-refractivity contribution >= 4 is 0 Å². The summed E-state index contributed by atoms with van der Waals surface area (Å²) in [4.78, 5) is 0. The molecule has 0 radical (unpaired) electrons. The van der Waals surface area contributed by atoms with Gasteiger partial charge in [-0.05, 0) is 12.8 Å². The van der Waals surface area contributed by atoms with E-state index in [4.69, 9.17) is 28.4 Å². The molecular weight excluding hydrogens is 288 g/mol. The molecule has 1 fully saturated rings. The number of rotatable bonds is 3. The van der Waals surface area contributed by atoms with E-state index in [1.807, 2.05) is 6.08 Å². The van der Waals surface area contributed by atoms with E-state index in [-0.39, 0.29) is 6.10 Å². The first kappa shape index (κ1) is 19.5. The van der Waals surface area contributed by atoms with Crippen LogP contribution in [0.1, 0.15) is 12.8 Å². The Balaban J connectivity index is 2.22. The molecule has 130 valence electrons. The first-order valence-corrected chi connectivity index (χ1v) is 8.04. The third kappa shape index (κ3) is 12.1. The van der Waals surface area contributed by atoms with E-state index in [0.29, 0.717) is 72.7 Å². The molecule has 1 aliphatic rings. The van der Waals surface area contributed by atoms with Crippen molar-refractivity contribution in [2.45, 2.75) is 18.9 Å². The SMILES string of the molecule is C=CCCC1COCCOCCOCCOCCOCCO1.